The molecule has 0 saturated heterocycles. The smallest absolute Gasteiger partial charge is 0.323 e. The number of pyridine rings is 1. The lowest BCUT2D eigenvalue weighted by Gasteiger charge is -2.06. The Bertz CT molecular complexity index is 831. The zero-order valence-electron chi connectivity index (χ0n) is 10.6. The van der Waals surface area contributed by atoms with E-state index < -0.39 is 5.97 Å². The molecule has 0 saturated carbocycles. The van der Waals surface area contributed by atoms with Gasteiger partial charge in [0.15, 0.2) is 0 Å². The van der Waals surface area contributed by atoms with Gasteiger partial charge < -0.3 is 9.67 Å². The Morgan fingerprint density at radius 2 is 1.86 bits per heavy atom. The van der Waals surface area contributed by atoms with E-state index in [1.165, 1.54) is 0 Å². The molecular formula is C14H9Cl2N3O2. The first-order valence-electron chi connectivity index (χ1n) is 6.04. The van der Waals surface area contributed by atoms with Crippen molar-refractivity contribution in [3.05, 3.63) is 46.7 Å². The third-order valence-electron chi connectivity index (χ3n) is 3.02. The number of aliphatic carboxylic acids is 1. The number of carboxylic acid groups (broad SMARTS) is 1. The molecule has 3 aromatic rings. The second kappa shape index (κ2) is 5.35. The van der Waals surface area contributed by atoms with Gasteiger partial charge in [0, 0.05) is 18.0 Å². The van der Waals surface area contributed by atoms with Crippen LogP contribution in [0.5, 0.6) is 0 Å². The zero-order chi connectivity index (χ0) is 15.0. The lowest BCUT2D eigenvalue weighted by atomic mass is 10.2. The van der Waals surface area contributed by atoms with Crippen LogP contribution in [0.1, 0.15) is 0 Å². The van der Waals surface area contributed by atoms with Gasteiger partial charge >= 0.3 is 5.97 Å². The highest BCUT2D eigenvalue weighted by Gasteiger charge is 2.16. The molecule has 7 heteroatoms. The van der Waals surface area contributed by atoms with Crippen molar-refractivity contribution >= 4 is 40.2 Å². The summed E-state index contributed by atoms with van der Waals surface area (Å²) in [6.07, 6.45) is 3.25. The molecule has 0 fully saturated rings. The summed E-state index contributed by atoms with van der Waals surface area (Å²) in [6, 6.07) is 6.79. The number of nitrogens with zero attached hydrogens (tertiary/aromatic N) is 3. The van der Waals surface area contributed by atoms with Crippen LogP contribution in [-0.4, -0.2) is 25.6 Å². The van der Waals surface area contributed by atoms with Crippen molar-refractivity contribution in [2.24, 2.45) is 0 Å². The standard InChI is InChI=1S/C14H9Cl2N3O2/c15-9-5-11-12(6-10(9)16)19(7-13(20)21)14(18-11)8-1-3-17-4-2-8/h1-6H,7H2,(H,20,21). The van der Waals surface area contributed by atoms with Crippen molar-refractivity contribution in [1.29, 1.82) is 0 Å². The Labute approximate surface area is 129 Å². The Kier molecular flexibility index (Phi) is 3.53. The highest BCUT2D eigenvalue weighted by molar-refractivity contribution is 6.42. The maximum Gasteiger partial charge on any atom is 0.323 e. The number of hydrogen-bond donors (Lipinski definition) is 1. The predicted molar refractivity (Wildman–Crippen MR) is 80.6 cm³/mol. The molecule has 2 aromatic heterocycles. The van der Waals surface area contributed by atoms with Gasteiger partial charge in [-0.2, -0.15) is 0 Å². The minimum atomic E-state index is -0.962. The molecule has 21 heavy (non-hydrogen) atoms. The van der Waals surface area contributed by atoms with Crippen LogP contribution < -0.4 is 0 Å². The van der Waals surface area contributed by atoms with Crippen LogP contribution in [0.15, 0.2) is 36.7 Å². The fourth-order valence-corrected chi connectivity index (χ4v) is 2.45. The average molecular weight is 322 g/mol. The molecule has 1 N–H and O–H groups in total. The van der Waals surface area contributed by atoms with Gasteiger partial charge in [-0.05, 0) is 24.3 Å². The van der Waals surface area contributed by atoms with E-state index in [2.05, 4.69) is 9.97 Å². The van der Waals surface area contributed by atoms with Crippen LogP contribution in [0, 0.1) is 0 Å². The molecule has 0 aliphatic heterocycles. The summed E-state index contributed by atoms with van der Waals surface area (Å²) in [5.74, 6) is -0.427. The van der Waals surface area contributed by atoms with E-state index >= 15 is 0 Å². The van der Waals surface area contributed by atoms with E-state index in [0.29, 0.717) is 26.9 Å². The molecule has 0 radical (unpaired) electrons. The minimum Gasteiger partial charge on any atom is -0.480 e. The summed E-state index contributed by atoms with van der Waals surface area (Å²) in [5, 5.41) is 9.86. The SMILES string of the molecule is O=C(O)Cn1c(-c2ccncc2)nc2cc(Cl)c(Cl)cc21. The number of carboxylic acids is 1. The lowest BCUT2D eigenvalue weighted by molar-refractivity contribution is -0.137. The Hall–Kier alpha value is -2.11. The van der Waals surface area contributed by atoms with Crippen LogP contribution in [0.25, 0.3) is 22.4 Å². The lowest BCUT2D eigenvalue weighted by Crippen LogP contribution is -2.10. The Balaban J connectivity index is 2.30. The molecule has 5 nitrogen and oxygen atoms in total. The van der Waals surface area contributed by atoms with Crippen molar-refractivity contribution in [1.82, 2.24) is 14.5 Å². The number of carbonyl (C=O) groups is 1. The van der Waals surface area contributed by atoms with Gasteiger partial charge in [-0.1, -0.05) is 23.2 Å². The van der Waals surface area contributed by atoms with E-state index in [9.17, 15) is 4.79 Å². The van der Waals surface area contributed by atoms with Crippen LogP contribution in [-0.2, 0) is 11.3 Å². The molecule has 2 heterocycles. The molecule has 3 rings (SSSR count). The summed E-state index contributed by atoms with van der Waals surface area (Å²) in [4.78, 5) is 19.5. The normalized spacial score (nSPS) is 11.0. The third-order valence-corrected chi connectivity index (χ3v) is 3.74. The highest BCUT2D eigenvalue weighted by Crippen LogP contribution is 2.31. The Morgan fingerprint density at radius 3 is 2.52 bits per heavy atom. The van der Waals surface area contributed by atoms with Crippen molar-refractivity contribution in [2.45, 2.75) is 6.54 Å². The summed E-state index contributed by atoms with van der Waals surface area (Å²) in [6.45, 7) is -0.216. The van der Waals surface area contributed by atoms with Crippen LogP contribution >= 0.6 is 23.2 Å². The highest BCUT2D eigenvalue weighted by atomic mass is 35.5. The maximum atomic E-state index is 11.1. The first-order valence-corrected chi connectivity index (χ1v) is 6.79. The number of rotatable bonds is 3. The van der Waals surface area contributed by atoms with Gasteiger partial charge in [-0.25, -0.2) is 4.98 Å². The molecule has 0 amide bonds. The topological polar surface area (TPSA) is 68.0 Å². The number of benzene rings is 1. The molecular weight excluding hydrogens is 313 g/mol. The summed E-state index contributed by atoms with van der Waals surface area (Å²) in [7, 11) is 0. The van der Waals surface area contributed by atoms with Crippen molar-refractivity contribution < 1.29 is 9.90 Å². The van der Waals surface area contributed by atoms with Gasteiger partial charge in [0.25, 0.3) is 0 Å². The number of fused-ring (bicyclic) bond motifs is 1. The van der Waals surface area contributed by atoms with Gasteiger partial charge in [-0.3, -0.25) is 9.78 Å². The summed E-state index contributed by atoms with van der Waals surface area (Å²) in [5.41, 5.74) is 1.99. The average Bonchev–Trinajstić information content (AvgIpc) is 2.78. The first kappa shape index (κ1) is 13.9. The van der Waals surface area contributed by atoms with Crippen LogP contribution in [0.2, 0.25) is 10.0 Å². The fraction of sp³-hybridized carbons (Fsp3) is 0.0714. The summed E-state index contributed by atoms with van der Waals surface area (Å²) < 4.78 is 1.59. The van der Waals surface area contributed by atoms with E-state index in [4.69, 9.17) is 28.3 Å². The van der Waals surface area contributed by atoms with Gasteiger partial charge in [0.1, 0.15) is 12.4 Å². The number of imidazole rings is 1. The molecule has 0 bridgehead atoms. The van der Waals surface area contributed by atoms with Crippen molar-refractivity contribution in [3.63, 3.8) is 0 Å². The second-order valence-corrected chi connectivity index (χ2v) is 5.22. The van der Waals surface area contributed by atoms with Gasteiger partial charge in [0.2, 0.25) is 0 Å². The molecule has 0 atom stereocenters. The predicted octanol–water partition coefficient (Wildman–Crippen LogP) is 3.49. The Morgan fingerprint density at radius 1 is 1.19 bits per heavy atom. The number of hydrogen-bond acceptors (Lipinski definition) is 3. The zero-order valence-corrected chi connectivity index (χ0v) is 12.1. The van der Waals surface area contributed by atoms with Crippen molar-refractivity contribution in [2.75, 3.05) is 0 Å². The van der Waals surface area contributed by atoms with E-state index in [1.54, 1.807) is 41.2 Å². The molecule has 0 aliphatic carbocycles. The molecule has 0 unspecified atom stereocenters. The molecule has 0 spiro atoms. The monoisotopic (exact) mass is 321 g/mol. The number of halogens is 2. The minimum absolute atomic E-state index is 0.216. The van der Waals surface area contributed by atoms with E-state index in [0.717, 1.165) is 5.56 Å². The van der Waals surface area contributed by atoms with Crippen LogP contribution in [0.4, 0.5) is 0 Å². The quantitative estimate of drug-likeness (QED) is 0.801. The van der Waals surface area contributed by atoms with E-state index in [1.807, 2.05) is 0 Å². The maximum absolute atomic E-state index is 11.1. The second-order valence-electron chi connectivity index (χ2n) is 4.41. The molecule has 1 aromatic carbocycles. The van der Waals surface area contributed by atoms with Gasteiger partial charge in [0.05, 0.1) is 21.1 Å². The first-order chi connectivity index (χ1) is 10.1. The number of aromatic nitrogens is 3. The van der Waals surface area contributed by atoms with Crippen molar-refractivity contribution in [3.8, 4) is 11.4 Å². The van der Waals surface area contributed by atoms with E-state index in [-0.39, 0.29) is 6.54 Å². The largest absolute Gasteiger partial charge is 0.480 e. The van der Waals surface area contributed by atoms with Gasteiger partial charge in [-0.15, -0.1) is 0 Å². The molecule has 106 valence electrons. The fourth-order valence-electron chi connectivity index (χ4n) is 2.14. The van der Waals surface area contributed by atoms with Crippen LogP contribution in [0.3, 0.4) is 0 Å². The molecule has 0 aliphatic rings. The third kappa shape index (κ3) is 2.57. The summed E-state index contributed by atoms with van der Waals surface area (Å²) >= 11 is 12.0.